The van der Waals surface area contributed by atoms with Crippen molar-refractivity contribution < 1.29 is 29.8 Å². The highest BCUT2D eigenvalue weighted by Gasteiger charge is 2.27. The van der Waals surface area contributed by atoms with Crippen molar-refractivity contribution in [2.75, 3.05) is 0 Å². The summed E-state index contributed by atoms with van der Waals surface area (Å²) in [6.07, 6.45) is 0. The summed E-state index contributed by atoms with van der Waals surface area (Å²) in [5, 5.41) is 0. The van der Waals surface area contributed by atoms with Gasteiger partial charge in [-0.3, -0.25) is 0 Å². The third-order valence-corrected chi connectivity index (χ3v) is 5.83. The summed E-state index contributed by atoms with van der Waals surface area (Å²) in [5.41, 5.74) is 0. The van der Waals surface area contributed by atoms with E-state index in [9.17, 15) is 25.6 Å². The lowest BCUT2D eigenvalue weighted by Gasteiger charge is -2.08. The van der Waals surface area contributed by atoms with E-state index in [0.717, 1.165) is 24.3 Å². The van der Waals surface area contributed by atoms with Gasteiger partial charge in [0.25, 0.3) is 0 Å². The average Bonchev–Trinajstić information content (AvgIpc) is 2.46. The van der Waals surface area contributed by atoms with Gasteiger partial charge in [-0.05, 0) is 42.5 Å². The first-order valence-electron chi connectivity index (χ1n) is 5.95. The summed E-state index contributed by atoms with van der Waals surface area (Å²) in [5.74, 6) is -3.54. The zero-order valence-corrected chi connectivity index (χ0v) is 14.4. The number of hydrogen-bond donors (Lipinski definition) is 0. The third-order valence-electron chi connectivity index (χ3n) is 2.68. The fourth-order valence-corrected chi connectivity index (χ4v) is 3.61. The van der Waals surface area contributed by atoms with Gasteiger partial charge in [0.05, 0.1) is 4.90 Å². The Hall–Kier alpha value is -1.52. The molecule has 0 fully saturated rings. The summed E-state index contributed by atoms with van der Waals surface area (Å²) in [6.45, 7) is 0. The van der Waals surface area contributed by atoms with Crippen LogP contribution in [0.1, 0.15) is 0 Å². The molecule has 23 heavy (non-hydrogen) atoms. The van der Waals surface area contributed by atoms with Crippen LogP contribution < -0.4 is 4.18 Å². The third kappa shape index (κ3) is 4.06. The van der Waals surface area contributed by atoms with Gasteiger partial charge >= 0.3 is 15.9 Å². The van der Waals surface area contributed by atoms with Crippen LogP contribution in [0.15, 0.2) is 62.8 Å². The molecule has 0 aliphatic rings. The van der Waals surface area contributed by atoms with Crippen molar-refractivity contribution in [1.29, 1.82) is 0 Å². The number of rotatable bonds is 5. The van der Waals surface area contributed by atoms with Crippen LogP contribution >= 0.6 is 15.9 Å². The molecule has 0 bridgehead atoms. The van der Waals surface area contributed by atoms with E-state index in [2.05, 4.69) is 15.9 Å². The molecule has 10 heteroatoms. The number of benzene rings is 2. The molecular formula is C13H9BrF2O5S2. The smallest absolute Gasteiger partial charge is 0.341 e. The Bertz CT molecular complexity index is 910. The van der Waals surface area contributed by atoms with Gasteiger partial charge in [0.1, 0.15) is 10.6 Å². The van der Waals surface area contributed by atoms with E-state index in [1.807, 2.05) is 0 Å². The van der Waals surface area contributed by atoms with E-state index in [1.54, 1.807) is 12.1 Å². The second-order valence-corrected chi connectivity index (χ2v) is 8.65. The first-order valence-corrected chi connectivity index (χ1v) is 9.70. The van der Waals surface area contributed by atoms with E-state index >= 15 is 0 Å². The molecule has 0 heterocycles. The van der Waals surface area contributed by atoms with Crippen molar-refractivity contribution in [3.05, 3.63) is 53.0 Å². The van der Waals surface area contributed by atoms with Gasteiger partial charge in [-0.1, -0.05) is 22.0 Å². The quantitative estimate of drug-likeness (QED) is 0.685. The maximum absolute atomic E-state index is 12.4. The van der Waals surface area contributed by atoms with Crippen LogP contribution in [0.2, 0.25) is 0 Å². The van der Waals surface area contributed by atoms with Crippen molar-refractivity contribution in [3.63, 3.8) is 0 Å². The highest BCUT2D eigenvalue weighted by Crippen LogP contribution is 2.24. The first kappa shape index (κ1) is 17.8. The summed E-state index contributed by atoms with van der Waals surface area (Å²) in [4.78, 5) is -1.03. The monoisotopic (exact) mass is 426 g/mol. The molecular weight excluding hydrogens is 418 g/mol. The first-order chi connectivity index (χ1) is 10.6. The minimum atomic E-state index is -4.78. The van der Waals surface area contributed by atoms with Crippen LogP contribution in [0.25, 0.3) is 0 Å². The minimum absolute atomic E-state index is 0.0450. The van der Waals surface area contributed by atoms with Crippen molar-refractivity contribution >= 4 is 35.9 Å². The van der Waals surface area contributed by atoms with Gasteiger partial charge in [0, 0.05) is 4.47 Å². The maximum atomic E-state index is 12.4. The van der Waals surface area contributed by atoms with Gasteiger partial charge in [-0.25, -0.2) is 8.42 Å². The van der Waals surface area contributed by atoms with E-state index in [-0.39, 0.29) is 10.6 Å². The Morgan fingerprint density at radius 1 is 0.913 bits per heavy atom. The lowest BCUT2D eigenvalue weighted by Crippen LogP contribution is -2.13. The minimum Gasteiger partial charge on any atom is -0.379 e. The van der Waals surface area contributed by atoms with Crippen LogP contribution in [0.3, 0.4) is 0 Å². The number of sulfone groups is 1. The van der Waals surface area contributed by atoms with Crippen LogP contribution in [-0.2, 0) is 20.0 Å². The molecule has 0 saturated heterocycles. The Balaban J connectivity index is 2.31. The van der Waals surface area contributed by atoms with Gasteiger partial charge < -0.3 is 4.18 Å². The zero-order chi connectivity index (χ0) is 17.3. The van der Waals surface area contributed by atoms with Crippen LogP contribution in [0.5, 0.6) is 5.75 Å². The molecule has 0 saturated carbocycles. The summed E-state index contributed by atoms with van der Waals surface area (Å²) in [7, 11) is -8.99. The Labute approximate surface area is 140 Å². The summed E-state index contributed by atoms with van der Waals surface area (Å²) in [6, 6.07) is 9.43. The van der Waals surface area contributed by atoms with Gasteiger partial charge in [0.15, 0.2) is 0 Å². The molecule has 124 valence electrons. The standard InChI is InChI=1S/C13H9BrF2O5S2/c14-9-2-1-3-10(8-9)21-23(19,20)12-6-4-11(5-7-12)22(17,18)13(15)16/h1-8,13H. The molecule has 5 nitrogen and oxygen atoms in total. The SMILES string of the molecule is O=S(=O)(Oc1cccc(Br)c1)c1ccc(S(=O)(=O)C(F)F)cc1. The Kier molecular flexibility index (Phi) is 5.07. The van der Waals surface area contributed by atoms with Crippen molar-refractivity contribution in [3.8, 4) is 5.75 Å². The average molecular weight is 427 g/mol. The molecule has 0 N–H and O–H groups in total. The van der Waals surface area contributed by atoms with Crippen LogP contribution in [0, 0.1) is 0 Å². The molecule has 2 rings (SSSR count). The number of hydrogen-bond acceptors (Lipinski definition) is 5. The number of halogens is 3. The second-order valence-electron chi connectivity index (χ2n) is 4.27. The lowest BCUT2D eigenvalue weighted by molar-refractivity contribution is 0.234. The molecule has 0 unspecified atom stereocenters. The largest absolute Gasteiger partial charge is 0.379 e. The molecule has 0 amide bonds. The zero-order valence-electron chi connectivity index (χ0n) is 11.2. The van der Waals surface area contributed by atoms with Crippen LogP contribution in [0.4, 0.5) is 8.78 Å². The summed E-state index contributed by atoms with van der Waals surface area (Å²) < 4.78 is 77.0. The molecule has 2 aromatic carbocycles. The second kappa shape index (κ2) is 6.54. The predicted octanol–water partition coefficient (Wildman–Crippen LogP) is 3.21. The van der Waals surface area contributed by atoms with E-state index in [1.165, 1.54) is 12.1 Å². The van der Waals surface area contributed by atoms with Crippen LogP contribution in [-0.4, -0.2) is 22.6 Å². The van der Waals surface area contributed by atoms with Crippen molar-refractivity contribution in [2.24, 2.45) is 0 Å². The molecule has 0 aromatic heterocycles. The van der Waals surface area contributed by atoms with E-state index < -0.39 is 30.6 Å². The Morgan fingerprint density at radius 3 is 2.00 bits per heavy atom. The van der Waals surface area contributed by atoms with E-state index in [0.29, 0.717) is 4.47 Å². The predicted molar refractivity (Wildman–Crippen MR) is 81.6 cm³/mol. The van der Waals surface area contributed by atoms with Gasteiger partial charge in [-0.2, -0.15) is 17.2 Å². The molecule has 2 aromatic rings. The maximum Gasteiger partial charge on any atom is 0.341 e. The lowest BCUT2D eigenvalue weighted by atomic mass is 10.3. The molecule has 0 atom stereocenters. The summed E-state index contributed by atoms with van der Waals surface area (Å²) >= 11 is 3.16. The van der Waals surface area contributed by atoms with Gasteiger partial charge in [-0.15, -0.1) is 0 Å². The fourth-order valence-electron chi connectivity index (χ4n) is 1.59. The molecule has 0 aliphatic carbocycles. The fraction of sp³-hybridized carbons (Fsp3) is 0.0769. The van der Waals surface area contributed by atoms with Gasteiger partial charge in [0.2, 0.25) is 9.84 Å². The highest BCUT2D eigenvalue weighted by atomic mass is 79.9. The molecule has 0 spiro atoms. The van der Waals surface area contributed by atoms with Crippen molar-refractivity contribution in [1.82, 2.24) is 0 Å². The van der Waals surface area contributed by atoms with Crippen molar-refractivity contribution in [2.45, 2.75) is 15.5 Å². The Morgan fingerprint density at radius 2 is 1.48 bits per heavy atom. The topological polar surface area (TPSA) is 77.5 Å². The normalized spacial score (nSPS) is 12.3. The molecule has 0 aliphatic heterocycles. The number of alkyl halides is 2. The van der Waals surface area contributed by atoms with E-state index in [4.69, 9.17) is 4.18 Å². The molecule has 0 radical (unpaired) electrons. The highest BCUT2D eigenvalue weighted by molar-refractivity contribution is 9.10.